The molecule has 0 aliphatic heterocycles. The normalized spacial score (nSPS) is 12.1. The summed E-state index contributed by atoms with van der Waals surface area (Å²) >= 11 is 0. The van der Waals surface area contributed by atoms with Crippen molar-refractivity contribution in [3.63, 3.8) is 0 Å². The van der Waals surface area contributed by atoms with E-state index >= 15 is 0 Å². The predicted octanol–water partition coefficient (Wildman–Crippen LogP) is 3.84. The van der Waals surface area contributed by atoms with Gasteiger partial charge in [-0.15, -0.1) is 0 Å². The number of nitrogens with zero attached hydrogens (tertiary/aromatic N) is 2. The van der Waals surface area contributed by atoms with Crippen LogP contribution < -0.4 is 9.62 Å². The van der Waals surface area contributed by atoms with Gasteiger partial charge >= 0.3 is 0 Å². The standard InChI is InChI=1S/C27H39N3O4S/c1-6-15-28-27(32)23(4)29(17-14-24-11-8-7-9-12-24)26(31)13-10-16-30(35(5,33)34)25-19-21(2)18-22(3)20-25/h7-9,11-12,18-20,23H,6,10,13-17H2,1-5H3,(H,28,32)/t23-/m0/s1. The van der Waals surface area contributed by atoms with Crippen LogP contribution >= 0.6 is 0 Å². The van der Waals surface area contributed by atoms with Crippen LogP contribution in [0.5, 0.6) is 0 Å². The number of hydrogen-bond acceptors (Lipinski definition) is 4. The first kappa shape index (κ1) is 28.4. The fraction of sp³-hybridized carbons (Fsp3) is 0.481. The summed E-state index contributed by atoms with van der Waals surface area (Å²) in [7, 11) is -3.51. The summed E-state index contributed by atoms with van der Waals surface area (Å²) in [5.41, 5.74) is 3.64. The quantitative estimate of drug-likeness (QED) is 0.452. The summed E-state index contributed by atoms with van der Waals surface area (Å²) < 4.78 is 26.4. The van der Waals surface area contributed by atoms with Crippen LogP contribution in [0, 0.1) is 13.8 Å². The van der Waals surface area contributed by atoms with Gasteiger partial charge in [0.05, 0.1) is 11.9 Å². The van der Waals surface area contributed by atoms with Gasteiger partial charge in [0.25, 0.3) is 0 Å². The Balaban J connectivity index is 2.12. The van der Waals surface area contributed by atoms with E-state index in [1.165, 1.54) is 10.6 Å². The van der Waals surface area contributed by atoms with Gasteiger partial charge in [-0.1, -0.05) is 43.3 Å². The third-order valence-corrected chi connectivity index (χ3v) is 7.04. The second-order valence-electron chi connectivity index (χ2n) is 9.07. The summed E-state index contributed by atoms with van der Waals surface area (Å²) in [6.07, 6.45) is 3.13. The van der Waals surface area contributed by atoms with Crippen LogP contribution in [0.4, 0.5) is 5.69 Å². The molecule has 0 radical (unpaired) electrons. The summed E-state index contributed by atoms with van der Waals surface area (Å²) in [4.78, 5) is 27.5. The summed E-state index contributed by atoms with van der Waals surface area (Å²) in [6, 6.07) is 14.9. The maximum atomic E-state index is 13.2. The molecule has 1 atom stereocenters. The van der Waals surface area contributed by atoms with Gasteiger partial charge in [0.2, 0.25) is 21.8 Å². The topological polar surface area (TPSA) is 86.8 Å². The van der Waals surface area contributed by atoms with Crippen LogP contribution in [0.3, 0.4) is 0 Å². The summed E-state index contributed by atoms with van der Waals surface area (Å²) in [5.74, 6) is -0.338. The molecule has 2 aromatic carbocycles. The molecule has 7 nitrogen and oxygen atoms in total. The Morgan fingerprint density at radius 3 is 2.20 bits per heavy atom. The first-order chi connectivity index (χ1) is 16.5. The molecule has 0 spiro atoms. The predicted molar refractivity (Wildman–Crippen MR) is 142 cm³/mol. The number of rotatable bonds is 13. The van der Waals surface area contributed by atoms with E-state index in [1.807, 2.05) is 69.3 Å². The Bertz CT molecular complexity index is 1070. The van der Waals surface area contributed by atoms with Crippen molar-refractivity contribution in [1.82, 2.24) is 10.2 Å². The minimum atomic E-state index is -3.51. The molecule has 0 aromatic heterocycles. The monoisotopic (exact) mass is 501 g/mol. The number of carbonyl (C=O) groups excluding carboxylic acids is 2. The zero-order valence-electron chi connectivity index (χ0n) is 21.6. The van der Waals surface area contributed by atoms with Crippen LogP contribution in [-0.2, 0) is 26.0 Å². The van der Waals surface area contributed by atoms with Crippen molar-refractivity contribution in [2.24, 2.45) is 0 Å². The number of carbonyl (C=O) groups is 2. The minimum absolute atomic E-state index is 0.150. The third-order valence-electron chi connectivity index (χ3n) is 5.85. The van der Waals surface area contributed by atoms with Crippen molar-refractivity contribution in [1.29, 1.82) is 0 Å². The molecule has 192 valence electrons. The van der Waals surface area contributed by atoms with E-state index in [4.69, 9.17) is 0 Å². The van der Waals surface area contributed by atoms with Gasteiger partial charge in [-0.3, -0.25) is 13.9 Å². The fourth-order valence-electron chi connectivity index (χ4n) is 4.06. The fourth-order valence-corrected chi connectivity index (χ4v) is 5.01. The third kappa shape index (κ3) is 9.02. The van der Waals surface area contributed by atoms with Crippen molar-refractivity contribution < 1.29 is 18.0 Å². The van der Waals surface area contributed by atoms with Crippen LogP contribution in [0.2, 0.25) is 0 Å². The van der Waals surface area contributed by atoms with Crippen LogP contribution in [-0.4, -0.2) is 57.1 Å². The maximum Gasteiger partial charge on any atom is 0.242 e. The Labute approximate surface area is 210 Å². The molecule has 0 fully saturated rings. The van der Waals surface area contributed by atoms with Gasteiger partial charge in [-0.2, -0.15) is 0 Å². The molecular weight excluding hydrogens is 462 g/mol. The van der Waals surface area contributed by atoms with E-state index in [0.29, 0.717) is 31.6 Å². The SMILES string of the molecule is CCCNC(=O)[C@H](C)N(CCc1ccccc1)C(=O)CCCN(c1cc(C)cc(C)c1)S(C)(=O)=O. The zero-order chi connectivity index (χ0) is 26.0. The van der Waals surface area contributed by atoms with E-state index in [-0.39, 0.29) is 24.8 Å². The van der Waals surface area contributed by atoms with Gasteiger partial charge in [-0.25, -0.2) is 8.42 Å². The molecule has 35 heavy (non-hydrogen) atoms. The molecule has 2 rings (SSSR count). The van der Waals surface area contributed by atoms with Crippen molar-refractivity contribution in [2.45, 2.75) is 59.4 Å². The number of anilines is 1. The number of benzene rings is 2. The van der Waals surface area contributed by atoms with Gasteiger partial charge in [0.1, 0.15) is 6.04 Å². The molecule has 2 amide bonds. The number of aryl methyl sites for hydroxylation is 2. The Hall–Kier alpha value is -2.87. The van der Waals surface area contributed by atoms with Crippen molar-refractivity contribution >= 4 is 27.5 Å². The summed E-state index contributed by atoms with van der Waals surface area (Å²) in [5, 5.41) is 2.87. The zero-order valence-corrected chi connectivity index (χ0v) is 22.4. The Morgan fingerprint density at radius 1 is 1.00 bits per heavy atom. The highest BCUT2D eigenvalue weighted by Gasteiger charge is 2.26. The second-order valence-corrected chi connectivity index (χ2v) is 11.0. The number of sulfonamides is 1. The molecule has 0 unspecified atom stereocenters. The largest absolute Gasteiger partial charge is 0.354 e. The van der Waals surface area contributed by atoms with Gasteiger partial charge < -0.3 is 10.2 Å². The van der Waals surface area contributed by atoms with E-state index in [9.17, 15) is 18.0 Å². The van der Waals surface area contributed by atoms with Gasteiger partial charge in [-0.05, 0) is 68.9 Å². The van der Waals surface area contributed by atoms with Crippen molar-refractivity contribution in [3.05, 3.63) is 65.2 Å². The lowest BCUT2D eigenvalue weighted by Crippen LogP contribution is -2.49. The highest BCUT2D eigenvalue weighted by atomic mass is 32.2. The lowest BCUT2D eigenvalue weighted by atomic mass is 10.1. The average molecular weight is 502 g/mol. The van der Waals surface area contributed by atoms with Crippen molar-refractivity contribution in [2.75, 3.05) is 30.2 Å². The molecule has 0 heterocycles. The maximum absolute atomic E-state index is 13.2. The average Bonchev–Trinajstić information content (AvgIpc) is 2.79. The Kier molecular flexibility index (Phi) is 10.8. The first-order valence-electron chi connectivity index (χ1n) is 12.2. The molecule has 0 aliphatic rings. The molecule has 0 aliphatic carbocycles. The molecule has 0 bridgehead atoms. The van der Waals surface area contributed by atoms with Crippen LogP contribution in [0.25, 0.3) is 0 Å². The lowest BCUT2D eigenvalue weighted by Gasteiger charge is -2.29. The highest BCUT2D eigenvalue weighted by Crippen LogP contribution is 2.22. The Morgan fingerprint density at radius 2 is 1.63 bits per heavy atom. The smallest absolute Gasteiger partial charge is 0.242 e. The number of hydrogen-bond donors (Lipinski definition) is 1. The molecule has 2 aromatic rings. The van der Waals surface area contributed by atoms with E-state index in [2.05, 4.69) is 5.32 Å². The molecule has 1 N–H and O–H groups in total. The van der Waals surface area contributed by atoms with Crippen LogP contribution in [0.15, 0.2) is 48.5 Å². The van der Waals surface area contributed by atoms with Gasteiger partial charge in [0, 0.05) is 26.1 Å². The first-order valence-corrected chi connectivity index (χ1v) is 14.0. The van der Waals surface area contributed by atoms with Crippen molar-refractivity contribution in [3.8, 4) is 0 Å². The van der Waals surface area contributed by atoms with E-state index < -0.39 is 16.1 Å². The minimum Gasteiger partial charge on any atom is -0.354 e. The molecule has 0 saturated carbocycles. The second kappa shape index (κ2) is 13.3. The van der Waals surface area contributed by atoms with Crippen LogP contribution in [0.1, 0.15) is 49.8 Å². The molecule has 0 saturated heterocycles. The molecular formula is C27H39N3O4S. The molecule has 8 heteroatoms. The van der Waals surface area contributed by atoms with E-state index in [0.717, 1.165) is 23.1 Å². The number of amides is 2. The lowest BCUT2D eigenvalue weighted by molar-refractivity contribution is -0.139. The van der Waals surface area contributed by atoms with E-state index in [1.54, 1.807) is 11.8 Å². The van der Waals surface area contributed by atoms with Gasteiger partial charge in [0.15, 0.2) is 0 Å². The summed E-state index contributed by atoms with van der Waals surface area (Å²) in [6.45, 7) is 8.74. The highest BCUT2D eigenvalue weighted by molar-refractivity contribution is 7.92. The number of nitrogens with one attached hydrogen (secondary N) is 1.